The number of alkyl halides is 3. The molecule has 0 aromatic carbocycles. The highest BCUT2D eigenvalue weighted by Gasteiger charge is 2.50. The van der Waals surface area contributed by atoms with E-state index in [0.717, 1.165) is 18.2 Å². The second-order valence-corrected chi connectivity index (χ2v) is 19.4. The summed E-state index contributed by atoms with van der Waals surface area (Å²) in [6, 6.07) is 1.51. The molecular weight excluding hydrogens is 834 g/mol. The van der Waals surface area contributed by atoms with Crippen molar-refractivity contribution < 1.29 is 50.2 Å². The number of imidazole rings is 1. The number of pyridine rings is 1. The second kappa shape index (κ2) is 18.5. The Labute approximate surface area is 358 Å². The minimum atomic E-state index is -4.98. The molecule has 1 aliphatic heterocycles. The van der Waals surface area contributed by atoms with Crippen LogP contribution in [-0.4, -0.2) is 109 Å². The number of hydrogen-bond donors (Lipinski definition) is 5. The van der Waals surface area contributed by atoms with E-state index in [1.807, 2.05) is 0 Å². The minimum absolute atomic E-state index is 0.0269. The van der Waals surface area contributed by atoms with E-state index < -0.39 is 57.5 Å². The standard InChI is InChI=1S/C42H53F3N8O8S/c1-23(2)35(52-40(57)60-5)39(56)53-22-28(62(6,58)59)18-32(53)36-49-21-31(51-36)25-9-7-24(8-10-25)29-13-11-26(17-33(29)61-42(43,44)45)37(54)50-27-12-14-34(48-20-27)46-15-16-47-38(55)30-19-41(30,3)4/h7,9,11-14,20-21,23,28,30,32-33,35H,8,10,15-19,22H2,1-6H3,(H,46,48)(H,47,55)(H,49,51)(H,50,54)(H,52,57). The molecule has 2 aromatic rings. The molecule has 1 saturated heterocycles. The van der Waals surface area contributed by atoms with Crippen LogP contribution < -0.4 is 21.3 Å². The number of nitrogens with one attached hydrogen (secondary N) is 5. The molecule has 0 radical (unpaired) electrons. The lowest BCUT2D eigenvalue weighted by molar-refractivity contribution is -0.337. The van der Waals surface area contributed by atoms with Crippen LogP contribution in [0.2, 0.25) is 0 Å². The van der Waals surface area contributed by atoms with Gasteiger partial charge in [0.2, 0.25) is 11.8 Å². The van der Waals surface area contributed by atoms with E-state index in [4.69, 9.17) is 4.74 Å². The zero-order valence-corrected chi connectivity index (χ0v) is 36.2. The molecule has 0 bridgehead atoms. The van der Waals surface area contributed by atoms with Gasteiger partial charge in [-0.25, -0.2) is 23.2 Å². The molecule has 336 valence electrons. The second-order valence-electron chi connectivity index (χ2n) is 17.0. The lowest BCUT2D eigenvalue weighted by atomic mass is 9.84. The smallest absolute Gasteiger partial charge is 0.453 e. The van der Waals surface area contributed by atoms with Gasteiger partial charge in [0.15, 0.2) is 9.84 Å². The normalized spacial score (nSPS) is 22.7. The maximum absolute atomic E-state index is 13.8. The highest BCUT2D eigenvalue weighted by Crippen LogP contribution is 2.51. The van der Waals surface area contributed by atoms with E-state index in [1.54, 1.807) is 44.3 Å². The number of halogens is 3. The minimum Gasteiger partial charge on any atom is -0.453 e. The Morgan fingerprint density at radius 3 is 2.32 bits per heavy atom. The number of aromatic nitrogens is 3. The van der Waals surface area contributed by atoms with Crippen molar-refractivity contribution in [2.24, 2.45) is 17.3 Å². The molecule has 5 unspecified atom stereocenters. The number of amides is 4. The number of likely N-dealkylation sites (tertiary alicyclic amines) is 1. The van der Waals surface area contributed by atoms with Crippen LogP contribution in [0.15, 0.2) is 65.5 Å². The first-order valence-corrected chi connectivity index (χ1v) is 22.3. The van der Waals surface area contributed by atoms with Gasteiger partial charge in [-0.05, 0) is 65.9 Å². The summed E-state index contributed by atoms with van der Waals surface area (Å²) in [7, 11) is -2.38. The lowest BCUT2D eigenvalue weighted by Gasteiger charge is -2.30. The van der Waals surface area contributed by atoms with Crippen molar-refractivity contribution in [2.75, 3.05) is 43.6 Å². The average Bonchev–Trinajstić information content (AvgIpc) is 3.53. The van der Waals surface area contributed by atoms with Crippen LogP contribution in [-0.2, 0) is 33.7 Å². The molecule has 1 saturated carbocycles. The number of sulfone groups is 1. The first-order valence-electron chi connectivity index (χ1n) is 20.4. The van der Waals surface area contributed by atoms with Crippen molar-refractivity contribution in [3.63, 3.8) is 0 Å². The molecule has 3 aliphatic carbocycles. The number of carbonyl (C=O) groups excluding carboxylic acids is 4. The average molecular weight is 887 g/mol. The summed E-state index contributed by atoms with van der Waals surface area (Å²) in [4.78, 5) is 64.7. The fourth-order valence-electron chi connectivity index (χ4n) is 7.88. The van der Waals surface area contributed by atoms with Crippen molar-refractivity contribution in [1.82, 2.24) is 30.5 Å². The van der Waals surface area contributed by atoms with E-state index in [2.05, 4.69) is 54.8 Å². The van der Waals surface area contributed by atoms with Crippen LogP contribution >= 0.6 is 0 Å². The van der Waals surface area contributed by atoms with Crippen LogP contribution in [0.4, 0.5) is 29.5 Å². The fourth-order valence-corrected chi connectivity index (χ4v) is 8.85. The van der Waals surface area contributed by atoms with Gasteiger partial charge in [-0.3, -0.25) is 19.1 Å². The summed E-state index contributed by atoms with van der Waals surface area (Å²) < 4.78 is 75.7. The highest BCUT2D eigenvalue weighted by molar-refractivity contribution is 7.91. The molecule has 4 amide bonds. The molecule has 16 nitrogen and oxygen atoms in total. The largest absolute Gasteiger partial charge is 0.523 e. The Morgan fingerprint density at radius 2 is 1.73 bits per heavy atom. The van der Waals surface area contributed by atoms with Gasteiger partial charge in [0, 0.05) is 43.8 Å². The first-order chi connectivity index (χ1) is 29.1. The summed E-state index contributed by atoms with van der Waals surface area (Å²) in [6.07, 6.45) is 4.51. The molecule has 5 N–H and O–H groups in total. The third-order valence-corrected chi connectivity index (χ3v) is 13.2. The van der Waals surface area contributed by atoms with E-state index in [0.29, 0.717) is 54.5 Å². The Hall–Kier alpha value is -5.50. The Morgan fingerprint density at radius 1 is 1.02 bits per heavy atom. The van der Waals surface area contributed by atoms with Crippen LogP contribution in [0.25, 0.3) is 5.57 Å². The number of ether oxygens (including phenoxy) is 2. The monoisotopic (exact) mass is 886 g/mol. The number of anilines is 2. The van der Waals surface area contributed by atoms with E-state index >= 15 is 0 Å². The number of carbonyl (C=O) groups is 4. The number of hydrogen-bond acceptors (Lipinski definition) is 11. The van der Waals surface area contributed by atoms with Crippen molar-refractivity contribution in [1.29, 1.82) is 0 Å². The zero-order valence-electron chi connectivity index (χ0n) is 35.4. The maximum atomic E-state index is 13.8. The summed E-state index contributed by atoms with van der Waals surface area (Å²) in [5.41, 5.74) is 2.67. The molecule has 62 heavy (non-hydrogen) atoms. The van der Waals surface area contributed by atoms with Crippen LogP contribution in [0.3, 0.4) is 0 Å². The molecule has 20 heteroatoms. The molecule has 2 fully saturated rings. The molecule has 6 rings (SSSR count). The predicted octanol–water partition coefficient (Wildman–Crippen LogP) is 5.35. The summed E-state index contributed by atoms with van der Waals surface area (Å²) in [5, 5.41) is 10.4. The molecule has 4 aliphatic rings. The van der Waals surface area contributed by atoms with Gasteiger partial charge in [-0.1, -0.05) is 52.0 Å². The highest BCUT2D eigenvalue weighted by atomic mass is 32.2. The van der Waals surface area contributed by atoms with Crippen LogP contribution in [0, 0.1) is 17.3 Å². The number of aromatic amines is 1. The summed E-state index contributed by atoms with van der Waals surface area (Å²) >= 11 is 0. The summed E-state index contributed by atoms with van der Waals surface area (Å²) in [5.74, 6) is -0.520. The Kier molecular flexibility index (Phi) is 13.7. The fraction of sp³-hybridized carbons (Fsp3) is 0.524. The van der Waals surface area contributed by atoms with Crippen molar-refractivity contribution in [3.8, 4) is 0 Å². The Balaban J connectivity index is 1.12. The van der Waals surface area contributed by atoms with E-state index in [1.165, 1.54) is 30.4 Å². The predicted molar refractivity (Wildman–Crippen MR) is 224 cm³/mol. The van der Waals surface area contributed by atoms with Crippen molar-refractivity contribution >= 4 is 50.7 Å². The van der Waals surface area contributed by atoms with Gasteiger partial charge < -0.3 is 35.9 Å². The number of allylic oxidation sites excluding steroid dienone is 5. The van der Waals surface area contributed by atoms with Crippen molar-refractivity contribution in [2.45, 2.75) is 89.6 Å². The molecule has 5 atom stereocenters. The lowest BCUT2D eigenvalue weighted by Crippen LogP contribution is -2.51. The number of H-pyrrole nitrogens is 1. The van der Waals surface area contributed by atoms with Gasteiger partial charge in [-0.2, -0.15) is 0 Å². The molecular formula is C42H53F3N8O8S. The van der Waals surface area contributed by atoms with Crippen LogP contribution in [0.5, 0.6) is 0 Å². The third kappa shape index (κ3) is 11.3. The Bertz CT molecular complexity index is 2280. The number of nitrogens with zero attached hydrogens (tertiary/aromatic N) is 3. The number of rotatable bonds is 15. The first kappa shape index (κ1) is 46.0. The molecule has 3 heterocycles. The van der Waals surface area contributed by atoms with Gasteiger partial charge in [0.1, 0.15) is 17.7 Å². The zero-order chi connectivity index (χ0) is 45.1. The molecule has 0 spiro atoms. The topological polar surface area (TPSA) is 214 Å². The summed E-state index contributed by atoms with van der Waals surface area (Å²) in [6.45, 7) is 8.34. The quantitative estimate of drug-likeness (QED) is 0.144. The van der Waals surface area contributed by atoms with Crippen molar-refractivity contribution in [3.05, 3.63) is 77.1 Å². The number of alkyl carbamates (subject to hydrolysis) is 1. The van der Waals surface area contributed by atoms with Gasteiger partial charge in [0.25, 0.3) is 5.91 Å². The third-order valence-electron chi connectivity index (χ3n) is 11.7. The SMILES string of the molecule is COC(=O)NC(C(=O)N1CC(S(C)(=O)=O)CC1c1ncc(C2=CC=C(C3=CC=C(C(=O)Nc4ccc(NCCNC(=O)C5CC5(C)C)nc4)CC3OC(F)(F)F)CC2)[nH]1)C(C)C. The van der Waals surface area contributed by atoms with Gasteiger partial charge in [0.05, 0.1) is 48.3 Å². The van der Waals surface area contributed by atoms with Crippen LogP contribution in [0.1, 0.15) is 77.4 Å². The van der Waals surface area contributed by atoms with E-state index in [-0.39, 0.29) is 53.7 Å². The maximum Gasteiger partial charge on any atom is 0.523 e. The number of methoxy groups -OCH3 is 1. The van der Waals surface area contributed by atoms with E-state index in [9.17, 15) is 40.8 Å². The molecule has 2 aromatic heterocycles. The van der Waals surface area contributed by atoms with Gasteiger partial charge >= 0.3 is 12.5 Å². The van der Waals surface area contributed by atoms with Gasteiger partial charge in [-0.15, -0.1) is 13.2 Å².